The second-order valence-electron chi connectivity index (χ2n) is 5.53. The van der Waals surface area contributed by atoms with Gasteiger partial charge in [0, 0.05) is 19.1 Å². The first-order valence-electron chi connectivity index (χ1n) is 7.21. The minimum Gasteiger partial charge on any atom is -0.485 e. The van der Waals surface area contributed by atoms with Crippen LogP contribution in [0.2, 0.25) is 0 Å². The molecule has 3 nitrogen and oxygen atoms in total. The number of ether oxygens (including phenoxy) is 2. The molecular formula is C18H20O3. The van der Waals surface area contributed by atoms with Crippen molar-refractivity contribution < 1.29 is 14.6 Å². The van der Waals surface area contributed by atoms with E-state index < -0.39 is 6.10 Å². The van der Waals surface area contributed by atoms with Crippen LogP contribution in [0.15, 0.2) is 42.5 Å². The van der Waals surface area contributed by atoms with Crippen molar-refractivity contribution in [1.29, 1.82) is 0 Å². The molecule has 1 unspecified atom stereocenters. The summed E-state index contributed by atoms with van der Waals surface area (Å²) in [5.74, 6) is 0.775. The second kappa shape index (κ2) is 5.88. The minimum atomic E-state index is -0.491. The lowest BCUT2D eigenvalue weighted by atomic mass is 9.92. The van der Waals surface area contributed by atoms with Crippen molar-refractivity contribution in [1.82, 2.24) is 0 Å². The highest BCUT2D eigenvalue weighted by atomic mass is 16.5. The third-order valence-electron chi connectivity index (χ3n) is 3.93. The number of rotatable bonds is 3. The molecule has 2 aromatic rings. The number of aliphatic hydroxyl groups is 1. The van der Waals surface area contributed by atoms with E-state index in [1.807, 2.05) is 49.4 Å². The molecule has 0 radical (unpaired) electrons. The predicted molar refractivity (Wildman–Crippen MR) is 81.3 cm³/mol. The summed E-state index contributed by atoms with van der Waals surface area (Å²) in [6, 6.07) is 14.0. The van der Waals surface area contributed by atoms with Gasteiger partial charge in [-0.25, -0.2) is 0 Å². The summed E-state index contributed by atoms with van der Waals surface area (Å²) >= 11 is 0. The van der Waals surface area contributed by atoms with Crippen molar-refractivity contribution in [3.8, 4) is 5.75 Å². The molecule has 1 aliphatic rings. The zero-order valence-corrected chi connectivity index (χ0v) is 12.4. The van der Waals surface area contributed by atoms with Gasteiger partial charge >= 0.3 is 0 Å². The van der Waals surface area contributed by atoms with Gasteiger partial charge in [-0.05, 0) is 30.2 Å². The minimum absolute atomic E-state index is 0.137. The number of methoxy groups -OCH3 is 1. The topological polar surface area (TPSA) is 38.7 Å². The van der Waals surface area contributed by atoms with Crippen molar-refractivity contribution >= 4 is 0 Å². The van der Waals surface area contributed by atoms with Crippen molar-refractivity contribution in [2.75, 3.05) is 7.11 Å². The van der Waals surface area contributed by atoms with Gasteiger partial charge in [-0.15, -0.1) is 0 Å². The highest BCUT2D eigenvalue weighted by Gasteiger charge is 2.29. The van der Waals surface area contributed by atoms with E-state index in [1.165, 1.54) is 0 Å². The first-order chi connectivity index (χ1) is 10.2. The maximum absolute atomic E-state index is 10.4. The Bertz CT molecular complexity index is 636. The Morgan fingerprint density at radius 3 is 2.81 bits per heavy atom. The molecule has 3 rings (SSSR count). The summed E-state index contributed by atoms with van der Waals surface area (Å²) in [6.45, 7) is 2.57. The van der Waals surface area contributed by atoms with E-state index in [-0.39, 0.29) is 6.10 Å². The normalized spacial score (nSPS) is 20.7. The summed E-state index contributed by atoms with van der Waals surface area (Å²) < 4.78 is 11.4. The Kier molecular flexibility index (Phi) is 3.95. The van der Waals surface area contributed by atoms with Gasteiger partial charge < -0.3 is 14.6 Å². The first-order valence-corrected chi connectivity index (χ1v) is 7.21. The molecule has 1 N–H and O–H groups in total. The fourth-order valence-corrected chi connectivity index (χ4v) is 2.89. The lowest BCUT2D eigenvalue weighted by molar-refractivity contribution is 0.0641. The lowest BCUT2D eigenvalue weighted by Gasteiger charge is -2.31. The van der Waals surface area contributed by atoms with Crippen molar-refractivity contribution in [3.63, 3.8) is 0 Å². The summed E-state index contributed by atoms with van der Waals surface area (Å²) in [4.78, 5) is 0. The zero-order valence-electron chi connectivity index (χ0n) is 12.4. The molecule has 110 valence electrons. The smallest absolute Gasteiger partial charge is 0.127 e. The van der Waals surface area contributed by atoms with Gasteiger partial charge in [0.25, 0.3) is 0 Å². The van der Waals surface area contributed by atoms with E-state index in [4.69, 9.17) is 9.47 Å². The van der Waals surface area contributed by atoms with Crippen LogP contribution in [-0.2, 0) is 11.3 Å². The Morgan fingerprint density at radius 1 is 1.19 bits per heavy atom. The van der Waals surface area contributed by atoms with Crippen LogP contribution >= 0.6 is 0 Å². The quantitative estimate of drug-likeness (QED) is 0.934. The fourth-order valence-electron chi connectivity index (χ4n) is 2.89. The molecule has 0 amide bonds. The van der Waals surface area contributed by atoms with Gasteiger partial charge in [0.2, 0.25) is 0 Å². The molecule has 2 atom stereocenters. The van der Waals surface area contributed by atoms with E-state index in [2.05, 4.69) is 0 Å². The van der Waals surface area contributed by atoms with E-state index >= 15 is 0 Å². The molecular weight excluding hydrogens is 264 g/mol. The van der Waals surface area contributed by atoms with E-state index in [1.54, 1.807) is 7.11 Å². The maximum Gasteiger partial charge on any atom is 0.127 e. The van der Waals surface area contributed by atoms with Crippen LogP contribution in [0.25, 0.3) is 0 Å². The first kappa shape index (κ1) is 14.1. The molecule has 0 spiro atoms. The highest BCUT2D eigenvalue weighted by Crippen LogP contribution is 2.41. The largest absolute Gasteiger partial charge is 0.485 e. The Balaban J connectivity index is 1.94. The molecule has 3 heteroatoms. The standard InChI is InChI=1S/C18H20O3/c1-12-7-8-17-15(9-12)16(19)10-18(21-17)14-6-4-3-5-13(14)11-20-2/h3-9,16,18-19H,10-11H2,1-2H3/t16-,18?/m0/s1. The van der Waals surface area contributed by atoms with Crippen LogP contribution in [0.4, 0.5) is 0 Å². The van der Waals surface area contributed by atoms with Crippen molar-refractivity contribution in [2.24, 2.45) is 0 Å². The summed E-state index contributed by atoms with van der Waals surface area (Å²) in [7, 11) is 1.69. The summed E-state index contributed by atoms with van der Waals surface area (Å²) in [6.07, 6.45) is -0.0622. The second-order valence-corrected chi connectivity index (χ2v) is 5.53. The maximum atomic E-state index is 10.4. The fraction of sp³-hybridized carbons (Fsp3) is 0.333. The Morgan fingerprint density at radius 2 is 2.00 bits per heavy atom. The molecule has 0 saturated carbocycles. The molecule has 0 fully saturated rings. The van der Waals surface area contributed by atoms with Gasteiger partial charge in [-0.1, -0.05) is 35.9 Å². The van der Waals surface area contributed by atoms with E-state index in [0.717, 1.165) is 28.0 Å². The van der Waals surface area contributed by atoms with Gasteiger partial charge in [0.1, 0.15) is 11.9 Å². The lowest BCUT2D eigenvalue weighted by Crippen LogP contribution is -2.20. The van der Waals surface area contributed by atoms with Crippen LogP contribution in [0.5, 0.6) is 5.75 Å². The average Bonchev–Trinajstić information content (AvgIpc) is 2.49. The molecule has 1 heterocycles. The van der Waals surface area contributed by atoms with Gasteiger partial charge in [0.15, 0.2) is 0 Å². The van der Waals surface area contributed by atoms with Crippen molar-refractivity contribution in [2.45, 2.75) is 32.2 Å². The highest BCUT2D eigenvalue weighted by molar-refractivity contribution is 5.42. The van der Waals surface area contributed by atoms with E-state index in [0.29, 0.717) is 13.0 Å². The van der Waals surface area contributed by atoms with Gasteiger partial charge in [-0.2, -0.15) is 0 Å². The third-order valence-corrected chi connectivity index (χ3v) is 3.93. The van der Waals surface area contributed by atoms with Gasteiger partial charge in [-0.3, -0.25) is 0 Å². The number of hydrogen-bond donors (Lipinski definition) is 1. The Labute approximate surface area is 125 Å². The van der Waals surface area contributed by atoms with Crippen LogP contribution < -0.4 is 4.74 Å². The number of aryl methyl sites for hydroxylation is 1. The summed E-state index contributed by atoms with van der Waals surface area (Å²) in [5.41, 5.74) is 4.21. The number of fused-ring (bicyclic) bond motifs is 1. The number of benzene rings is 2. The molecule has 0 saturated heterocycles. The summed E-state index contributed by atoms with van der Waals surface area (Å²) in [5, 5.41) is 10.4. The molecule has 21 heavy (non-hydrogen) atoms. The molecule has 1 aliphatic heterocycles. The van der Waals surface area contributed by atoms with E-state index in [9.17, 15) is 5.11 Å². The molecule has 2 aromatic carbocycles. The van der Waals surface area contributed by atoms with Crippen LogP contribution in [0, 0.1) is 6.92 Å². The third kappa shape index (κ3) is 2.80. The van der Waals surface area contributed by atoms with Crippen LogP contribution in [-0.4, -0.2) is 12.2 Å². The van der Waals surface area contributed by atoms with Crippen LogP contribution in [0.1, 0.15) is 40.9 Å². The molecule has 0 bridgehead atoms. The predicted octanol–water partition coefficient (Wildman–Crippen LogP) is 3.70. The van der Waals surface area contributed by atoms with Crippen molar-refractivity contribution in [3.05, 3.63) is 64.7 Å². The average molecular weight is 284 g/mol. The molecule has 0 aliphatic carbocycles. The van der Waals surface area contributed by atoms with Crippen LogP contribution in [0.3, 0.4) is 0 Å². The monoisotopic (exact) mass is 284 g/mol. The van der Waals surface area contributed by atoms with Gasteiger partial charge in [0.05, 0.1) is 12.7 Å². The number of aliphatic hydroxyl groups excluding tert-OH is 1. The molecule has 0 aromatic heterocycles. The zero-order chi connectivity index (χ0) is 14.8. The Hall–Kier alpha value is -1.84. The number of hydrogen-bond acceptors (Lipinski definition) is 3. The SMILES string of the molecule is COCc1ccccc1C1C[C@H](O)c2cc(C)ccc2O1.